The van der Waals surface area contributed by atoms with Gasteiger partial charge < -0.3 is 5.32 Å². The van der Waals surface area contributed by atoms with E-state index in [1.165, 1.54) is 6.07 Å². The molecular formula is C15H15FN2O. The standard InChI is InChI=1S/C15H15FN2O/c1-10(2)15(19)18-14-8-7-11(9-17-14)12-5-3-4-6-13(12)16/h3-10H,1-2H3,(H,17,18,19). The Kier molecular flexibility index (Phi) is 3.90. The number of aromatic nitrogens is 1. The molecule has 0 unspecified atom stereocenters. The zero-order valence-electron chi connectivity index (χ0n) is 10.9. The number of nitrogens with one attached hydrogen (secondary N) is 1. The fourth-order valence-corrected chi connectivity index (χ4v) is 1.59. The second kappa shape index (κ2) is 5.61. The molecule has 0 aliphatic heterocycles. The number of rotatable bonds is 3. The van der Waals surface area contributed by atoms with E-state index >= 15 is 0 Å². The number of nitrogens with zero attached hydrogens (tertiary/aromatic N) is 1. The molecule has 0 fully saturated rings. The molecule has 0 spiro atoms. The molecule has 4 heteroatoms. The molecule has 3 nitrogen and oxygen atoms in total. The van der Waals surface area contributed by atoms with E-state index in [0.29, 0.717) is 16.9 Å². The molecule has 1 amide bonds. The Labute approximate surface area is 111 Å². The SMILES string of the molecule is CC(C)C(=O)Nc1ccc(-c2ccccc2F)cn1. The molecule has 1 aromatic carbocycles. The van der Waals surface area contributed by atoms with Crippen LogP contribution in [0.4, 0.5) is 10.2 Å². The number of hydrogen-bond donors (Lipinski definition) is 1. The van der Waals surface area contributed by atoms with Gasteiger partial charge in [0.2, 0.25) is 5.91 Å². The van der Waals surface area contributed by atoms with Gasteiger partial charge in [0.15, 0.2) is 0 Å². The predicted octanol–water partition coefficient (Wildman–Crippen LogP) is 3.48. The van der Waals surface area contributed by atoms with Crippen LogP contribution in [-0.4, -0.2) is 10.9 Å². The van der Waals surface area contributed by atoms with Crippen LogP contribution in [-0.2, 0) is 4.79 Å². The molecule has 2 aromatic rings. The molecule has 0 aliphatic carbocycles. The van der Waals surface area contributed by atoms with E-state index in [1.807, 2.05) is 13.8 Å². The minimum atomic E-state index is -0.289. The summed E-state index contributed by atoms with van der Waals surface area (Å²) >= 11 is 0. The highest BCUT2D eigenvalue weighted by molar-refractivity contribution is 5.91. The van der Waals surface area contributed by atoms with Crippen LogP contribution >= 0.6 is 0 Å². The first-order chi connectivity index (χ1) is 9.08. The van der Waals surface area contributed by atoms with Crippen LogP contribution in [0.15, 0.2) is 42.6 Å². The van der Waals surface area contributed by atoms with Gasteiger partial charge in [-0.1, -0.05) is 32.0 Å². The number of halogens is 1. The summed E-state index contributed by atoms with van der Waals surface area (Å²) in [4.78, 5) is 15.6. The number of carbonyl (C=O) groups is 1. The number of carbonyl (C=O) groups excluding carboxylic acids is 1. The summed E-state index contributed by atoms with van der Waals surface area (Å²) in [5.41, 5.74) is 1.18. The molecule has 0 aliphatic rings. The van der Waals surface area contributed by atoms with Gasteiger partial charge in [0, 0.05) is 23.2 Å². The molecule has 1 aromatic heterocycles. The quantitative estimate of drug-likeness (QED) is 0.915. The van der Waals surface area contributed by atoms with Crippen LogP contribution in [0.1, 0.15) is 13.8 Å². The molecule has 0 saturated carbocycles. The van der Waals surface area contributed by atoms with Crippen molar-refractivity contribution in [1.82, 2.24) is 4.98 Å². The zero-order valence-corrected chi connectivity index (χ0v) is 10.9. The van der Waals surface area contributed by atoms with Crippen molar-refractivity contribution in [2.24, 2.45) is 5.92 Å². The Morgan fingerprint density at radius 1 is 1.21 bits per heavy atom. The van der Waals surface area contributed by atoms with Crippen LogP contribution in [0.2, 0.25) is 0 Å². The number of hydrogen-bond acceptors (Lipinski definition) is 2. The van der Waals surface area contributed by atoms with Crippen LogP contribution in [0.25, 0.3) is 11.1 Å². The number of amides is 1. The molecule has 1 N–H and O–H groups in total. The molecule has 98 valence electrons. The molecule has 0 radical (unpaired) electrons. The average molecular weight is 258 g/mol. The Hall–Kier alpha value is -2.23. The lowest BCUT2D eigenvalue weighted by molar-refractivity contribution is -0.118. The van der Waals surface area contributed by atoms with Crippen LogP contribution in [0.3, 0.4) is 0 Å². The van der Waals surface area contributed by atoms with Gasteiger partial charge >= 0.3 is 0 Å². The minimum Gasteiger partial charge on any atom is -0.310 e. The first-order valence-electron chi connectivity index (χ1n) is 6.09. The fraction of sp³-hybridized carbons (Fsp3) is 0.200. The van der Waals surface area contributed by atoms with Gasteiger partial charge in [0.1, 0.15) is 11.6 Å². The van der Waals surface area contributed by atoms with E-state index in [0.717, 1.165) is 0 Å². The van der Waals surface area contributed by atoms with E-state index in [1.54, 1.807) is 36.5 Å². The van der Waals surface area contributed by atoms with Crippen molar-refractivity contribution >= 4 is 11.7 Å². The first kappa shape index (κ1) is 13.2. The van der Waals surface area contributed by atoms with Crippen LogP contribution in [0, 0.1) is 11.7 Å². The molecule has 0 atom stereocenters. The van der Waals surface area contributed by atoms with Crippen molar-refractivity contribution in [1.29, 1.82) is 0 Å². The molecular weight excluding hydrogens is 243 g/mol. The lowest BCUT2D eigenvalue weighted by Gasteiger charge is -2.08. The van der Waals surface area contributed by atoms with Gasteiger partial charge in [0.25, 0.3) is 0 Å². The summed E-state index contributed by atoms with van der Waals surface area (Å²) in [7, 11) is 0. The Morgan fingerprint density at radius 2 is 1.95 bits per heavy atom. The van der Waals surface area contributed by atoms with E-state index in [9.17, 15) is 9.18 Å². The van der Waals surface area contributed by atoms with Crippen molar-refractivity contribution < 1.29 is 9.18 Å². The highest BCUT2D eigenvalue weighted by atomic mass is 19.1. The van der Waals surface area contributed by atoms with Crippen molar-refractivity contribution in [3.05, 3.63) is 48.4 Å². The first-order valence-corrected chi connectivity index (χ1v) is 6.09. The van der Waals surface area contributed by atoms with Crippen molar-refractivity contribution in [3.8, 4) is 11.1 Å². The minimum absolute atomic E-state index is 0.0915. The highest BCUT2D eigenvalue weighted by Gasteiger charge is 2.08. The summed E-state index contributed by atoms with van der Waals surface area (Å²) < 4.78 is 13.6. The second-order valence-electron chi connectivity index (χ2n) is 4.56. The summed E-state index contributed by atoms with van der Waals surface area (Å²) in [6.45, 7) is 3.62. The summed E-state index contributed by atoms with van der Waals surface area (Å²) in [5.74, 6) is -0.0127. The monoisotopic (exact) mass is 258 g/mol. The topological polar surface area (TPSA) is 42.0 Å². The van der Waals surface area contributed by atoms with E-state index in [4.69, 9.17) is 0 Å². The third-order valence-electron chi connectivity index (χ3n) is 2.72. The maximum Gasteiger partial charge on any atom is 0.228 e. The largest absolute Gasteiger partial charge is 0.310 e. The molecule has 0 saturated heterocycles. The van der Waals surface area contributed by atoms with Gasteiger partial charge in [0.05, 0.1) is 0 Å². The maximum absolute atomic E-state index is 13.6. The highest BCUT2D eigenvalue weighted by Crippen LogP contribution is 2.22. The van der Waals surface area contributed by atoms with Gasteiger partial charge in [-0.2, -0.15) is 0 Å². The van der Waals surface area contributed by atoms with Crippen molar-refractivity contribution in [2.75, 3.05) is 5.32 Å². The van der Waals surface area contributed by atoms with E-state index < -0.39 is 0 Å². The molecule has 19 heavy (non-hydrogen) atoms. The average Bonchev–Trinajstić information content (AvgIpc) is 2.40. The molecule has 1 heterocycles. The predicted molar refractivity (Wildman–Crippen MR) is 73.1 cm³/mol. The number of benzene rings is 1. The fourth-order valence-electron chi connectivity index (χ4n) is 1.59. The Morgan fingerprint density at radius 3 is 2.53 bits per heavy atom. The molecule has 0 bridgehead atoms. The van der Waals surface area contributed by atoms with Gasteiger partial charge in [-0.05, 0) is 18.2 Å². The Bertz CT molecular complexity index is 579. The third-order valence-corrected chi connectivity index (χ3v) is 2.72. The van der Waals surface area contributed by atoms with Gasteiger partial charge in [-0.3, -0.25) is 4.79 Å². The van der Waals surface area contributed by atoms with E-state index in [-0.39, 0.29) is 17.6 Å². The lowest BCUT2D eigenvalue weighted by Crippen LogP contribution is -2.18. The third kappa shape index (κ3) is 3.16. The lowest BCUT2D eigenvalue weighted by atomic mass is 10.1. The van der Waals surface area contributed by atoms with Crippen LogP contribution < -0.4 is 5.32 Å². The van der Waals surface area contributed by atoms with Crippen LogP contribution in [0.5, 0.6) is 0 Å². The van der Waals surface area contributed by atoms with E-state index in [2.05, 4.69) is 10.3 Å². The van der Waals surface area contributed by atoms with Crippen molar-refractivity contribution in [2.45, 2.75) is 13.8 Å². The summed E-state index contributed by atoms with van der Waals surface area (Å²) in [6.07, 6.45) is 1.55. The number of pyridine rings is 1. The summed E-state index contributed by atoms with van der Waals surface area (Å²) in [6, 6.07) is 9.92. The normalized spacial score (nSPS) is 10.5. The maximum atomic E-state index is 13.6. The molecule has 2 rings (SSSR count). The van der Waals surface area contributed by atoms with Gasteiger partial charge in [-0.15, -0.1) is 0 Å². The second-order valence-corrected chi connectivity index (χ2v) is 4.56. The summed E-state index contributed by atoms with van der Waals surface area (Å²) in [5, 5.41) is 2.69. The smallest absolute Gasteiger partial charge is 0.228 e. The Balaban J connectivity index is 2.20. The number of anilines is 1. The van der Waals surface area contributed by atoms with Gasteiger partial charge in [-0.25, -0.2) is 9.37 Å². The zero-order chi connectivity index (χ0) is 13.8. The van der Waals surface area contributed by atoms with Crippen molar-refractivity contribution in [3.63, 3.8) is 0 Å².